The number of fused-ring (bicyclic) bond motifs is 1. The lowest BCUT2D eigenvalue weighted by molar-refractivity contribution is 0.522. The Kier molecular flexibility index (Phi) is 3.70. The maximum Gasteiger partial charge on any atom is 0.109 e. The van der Waals surface area contributed by atoms with Gasteiger partial charge in [-0.3, -0.25) is 0 Å². The van der Waals surface area contributed by atoms with Crippen LogP contribution in [0.1, 0.15) is 24.2 Å². The molecule has 3 aromatic rings. The summed E-state index contributed by atoms with van der Waals surface area (Å²) in [7, 11) is 0. The maximum absolute atomic E-state index is 6.24. The van der Waals surface area contributed by atoms with Gasteiger partial charge >= 0.3 is 0 Å². The molecule has 0 saturated heterocycles. The van der Waals surface area contributed by atoms with Crippen LogP contribution in [0.3, 0.4) is 0 Å². The van der Waals surface area contributed by atoms with Gasteiger partial charge in [0.25, 0.3) is 0 Å². The van der Waals surface area contributed by atoms with Crippen LogP contribution < -0.4 is 0 Å². The molecular weight excluding hydrogens is 304 g/mol. The van der Waals surface area contributed by atoms with Gasteiger partial charge in [0, 0.05) is 29.7 Å². The van der Waals surface area contributed by atoms with Crippen molar-refractivity contribution in [3.63, 3.8) is 0 Å². The molecule has 0 saturated carbocycles. The predicted molar refractivity (Wildman–Crippen MR) is 95.8 cm³/mol. The van der Waals surface area contributed by atoms with Crippen LogP contribution in [-0.2, 0) is 13.0 Å². The molecule has 23 heavy (non-hydrogen) atoms. The molecule has 0 N–H and O–H groups in total. The van der Waals surface area contributed by atoms with Gasteiger partial charge in [0.2, 0.25) is 0 Å². The Labute approximate surface area is 141 Å². The van der Waals surface area contributed by atoms with Crippen molar-refractivity contribution in [2.75, 3.05) is 0 Å². The summed E-state index contributed by atoms with van der Waals surface area (Å²) in [6, 6.07) is 14.8. The summed E-state index contributed by atoms with van der Waals surface area (Å²) in [5, 5.41) is 0.813. The van der Waals surface area contributed by atoms with Gasteiger partial charge in [-0.2, -0.15) is 0 Å². The topological polar surface area (TPSA) is 17.8 Å². The first-order valence-corrected chi connectivity index (χ1v) is 8.51. The summed E-state index contributed by atoms with van der Waals surface area (Å²) >= 11 is 6.24. The Bertz CT molecular complexity index is 823. The maximum atomic E-state index is 6.24. The Balaban J connectivity index is 1.65. The van der Waals surface area contributed by atoms with E-state index in [0.29, 0.717) is 0 Å². The highest BCUT2D eigenvalue weighted by atomic mass is 35.5. The Morgan fingerprint density at radius 3 is 2.43 bits per heavy atom. The van der Waals surface area contributed by atoms with Gasteiger partial charge in [-0.25, -0.2) is 4.98 Å². The monoisotopic (exact) mass is 322 g/mol. The van der Waals surface area contributed by atoms with Crippen LogP contribution >= 0.6 is 11.6 Å². The molecule has 0 aliphatic carbocycles. The molecule has 0 spiro atoms. The van der Waals surface area contributed by atoms with Crippen LogP contribution in [0.15, 0.2) is 48.7 Å². The summed E-state index contributed by atoms with van der Waals surface area (Å²) < 4.78 is 2.30. The zero-order valence-corrected chi connectivity index (χ0v) is 14.0. The molecule has 4 rings (SSSR count). The van der Waals surface area contributed by atoms with Crippen LogP contribution in [0.25, 0.3) is 22.4 Å². The van der Waals surface area contributed by atoms with Crippen LogP contribution in [0.2, 0.25) is 5.02 Å². The molecule has 0 bridgehead atoms. The predicted octanol–water partition coefficient (Wildman–Crippen LogP) is 5.52. The first-order chi connectivity index (χ1) is 11.2. The van der Waals surface area contributed by atoms with Crippen molar-refractivity contribution < 1.29 is 0 Å². The van der Waals surface area contributed by atoms with Gasteiger partial charge in [-0.05, 0) is 42.5 Å². The molecule has 2 heterocycles. The second-order valence-electron chi connectivity index (χ2n) is 6.23. The summed E-state index contributed by atoms with van der Waals surface area (Å²) in [5.41, 5.74) is 5.69. The number of hydrogen-bond donors (Lipinski definition) is 0. The number of aryl methyl sites for hydroxylation is 3. The number of halogens is 1. The van der Waals surface area contributed by atoms with Crippen molar-refractivity contribution >= 4 is 11.6 Å². The third kappa shape index (κ3) is 2.79. The van der Waals surface area contributed by atoms with Crippen LogP contribution in [0.5, 0.6) is 0 Å². The minimum absolute atomic E-state index is 0.813. The quantitative estimate of drug-likeness (QED) is 0.608. The summed E-state index contributed by atoms with van der Waals surface area (Å²) in [5.74, 6) is 1.22. The van der Waals surface area contributed by atoms with E-state index < -0.39 is 0 Å². The van der Waals surface area contributed by atoms with Crippen molar-refractivity contribution in [1.29, 1.82) is 0 Å². The zero-order valence-electron chi connectivity index (χ0n) is 13.2. The fourth-order valence-electron chi connectivity index (χ4n) is 3.16. The summed E-state index contributed by atoms with van der Waals surface area (Å²) in [6.07, 6.45) is 5.80. The van der Waals surface area contributed by atoms with Crippen LogP contribution in [0.4, 0.5) is 0 Å². The fourth-order valence-corrected chi connectivity index (χ4v) is 3.34. The number of imidazole rings is 1. The van der Waals surface area contributed by atoms with Gasteiger partial charge in [0.05, 0.1) is 5.69 Å². The van der Waals surface area contributed by atoms with Crippen LogP contribution in [0, 0.1) is 6.92 Å². The van der Waals surface area contributed by atoms with Crippen molar-refractivity contribution in [3.8, 4) is 22.4 Å². The molecule has 0 amide bonds. The molecule has 1 aliphatic rings. The molecular formula is C20H19ClN2. The Morgan fingerprint density at radius 1 is 0.957 bits per heavy atom. The van der Waals surface area contributed by atoms with Gasteiger partial charge < -0.3 is 4.57 Å². The molecule has 1 aromatic heterocycles. The molecule has 2 aromatic carbocycles. The largest absolute Gasteiger partial charge is 0.334 e. The first kappa shape index (κ1) is 14.5. The lowest BCUT2D eigenvalue weighted by Gasteiger charge is -2.11. The average Bonchev–Trinajstić information content (AvgIpc) is 3.02. The minimum Gasteiger partial charge on any atom is -0.334 e. The summed E-state index contributed by atoms with van der Waals surface area (Å²) in [6.45, 7) is 3.12. The minimum atomic E-state index is 0.813. The highest BCUT2D eigenvalue weighted by molar-refractivity contribution is 6.31. The van der Waals surface area contributed by atoms with Crippen LogP contribution in [-0.4, -0.2) is 9.55 Å². The average molecular weight is 323 g/mol. The third-order valence-electron chi connectivity index (χ3n) is 4.59. The van der Waals surface area contributed by atoms with E-state index in [1.165, 1.54) is 29.8 Å². The number of nitrogens with zero attached hydrogens (tertiary/aromatic N) is 2. The molecule has 0 atom stereocenters. The standard InChI is InChI=1S/C20H19ClN2/c1-14-5-6-17(12-18(14)21)15-7-9-16(10-8-15)19-13-23-11-3-2-4-20(23)22-19/h5-10,12-13H,2-4,11H2,1H3. The normalized spacial score (nSPS) is 13.8. The second kappa shape index (κ2) is 5.86. The molecule has 3 heteroatoms. The number of rotatable bonds is 2. The Hall–Kier alpha value is -2.06. The molecule has 1 aliphatic heterocycles. The molecule has 2 nitrogen and oxygen atoms in total. The SMILES string of the molecule is Cc1ccc(-c2ccc(-c3cn4c(n3)CCCC4)cc2)cc1Cl. The van der Waals surface area contributed by atoms with E-state index in [1.807, 2.05) is 13.0 Å². The van der Waals surface area contributed by atoms with E-state index in [9.17, 15) is 0 Å². The lowest BCUT2D eigenvalue weighted by atomic mass is 10.0. The van der Waals surface area contributed by atoms with Crippen molar-refractivity contribution in [2.24, 2.45) is 0 Å². The number of benzene rings is 2. The van der Waals surface area contributed by atoms with Gasteiger partial charge in [-0.1, -0.05) is 48.0 Å². The van der Waals surface area contributed by atoms with E-state index in [0.717, 1.165) is 34.8 Å². The van der Waals surface area contributed by atoms with E-state index in [2.05, 4.69) is 47.2 Å². The second-order valence-corrected chi connectivity index (χ2v) is 6.64. The molecule has 116 valence electrons. The van der Waals surface area contributed by atoms with Crippen molar-refractivity contribution in [2.45, 2.75) is 32.7 Å². The number of aromatic nitrogens is 2. The van der Waals surface area contributed by atoms with E-state index in [1.54, 1.807) is 0 Å². The van der Waals surface area contributed by atoms with Gasteiger partial charge in [-0.15, -0.1) is 0 Å². The van der Waals surface area contributed by atoms with Gasteiger partial charge in [0.15, 0.2) is 0 Å². The smallest absolute Gasteiger partial charge is 0.109 e. The molecule has 0 radical (unpaired) electrons. The highest BCUT2D eigenvalue weighted by Crippen LogP contribution is 2.28. The zero-order chi connectivity index (χ0) is 15.8. The Morgan fingerprint density at radius 2 is 1.70 bits per heavy atom. The van der Waals surface area contributed by atoms with Crippen molar-refractivity contribution in [3.05, 3.63) is 65.1 Å². The fraction of sp³-hybridized carbons (Fsp3) is 0.250. The van der Waals surface area contributed by atoms with E-state index in [4.69, 9.17) is 16.6 Å². The number of hydrogen-bond acceptors (Lipinski definition) is 1. The highest BCUT2D eigenvalue weighted by Gasteiger charge is 2.13. The summed E-state index contributed by atoms with van der Waals surface area (Å²) in [4.78, 5) is 4.79. The molecule has 0 fully saturated rings. The van der Waals surface area contributed by atoms with Gasteiger partial charge in [0.1, 0.15) is 5.82 Å². The van der Waals surface area contributed by atoms with E-state index >= 15 is 0 Å². The van der Waals surface area contributed by atoms with E-state index in [-0.39, 0.29) is 0 Å². The molecule has 0 unspecified atom stereocenters. The first-order valence-electron chi connectivity index (χ1n) is 8.14. The lowest BCUT2D eigenvalue weighted by Crippen LogP contribution is -2.08. The third-order valence-corrected chi connectivity index (χ3v) is 5.00. The van der Waals surface area contributed by atoms with Crippen molar-refractivity contribution in [1.82, 2.24) is 9.55 Å².